The maximum atomic E-state index is 14.6. The number of thiophene rings is 1. The molecule has 8 nitrogen and oxygen atoms in total. The zero-order valence-electron chi connectivity index (χ0n) is 19.9. The number of benzene rings is 2. The third-order valence-electron chi connectivity index (χ3n) is 5.61. The molecular formula is C27H22F2N6O2S. The van der Waals surface area contributed by atoms with Gasteiger partial charge in [-0.3, -0.25) is 15.0 Å². The van der Waals surface area contributed by atoms with E-state index in [0.717, 1.165) is 20.4 Å². The monoisotopic (exact) mass is 532 g/mol. The van der Waals surface area contributed by atoms with Gasteiger partial charge in [0, 0.05) is 35.6 Å². The molecule has 38 heavy (non-hydrogen) atoms. The minimum atomic E-state index is -0.597. The molecule has 0 aliphatic carbocycles. The number of fused-ring (bicyclic) bond motifs is 1. The Balaban J connectivity index is 1.34. The average molecular weight is 533 g/mol. The van der Waals surface area contributed by atoms with Crippen LogP contribution in [0.25, 0.3) is 21.3 Å². The Morgan fingerprint density at radius 3 is 2.68 bits per heavy atom. The van der Waals surface area contributed by atoms with Crippen molar-refractivity contribution in [3.63, 3.8) is 0 Å². The standard InChI is InChI=1S/C27H22F2N6O2S/c28-11-12-30-15-17-5-9-25(31-16-17)34-35-26(36)10-8-21(33-35)18-6-7-20(29)22(13-18)32-27(37)24-14-19-3-1-2-4-23(19)38-24/h1-10,13-14,16,30H,11-12,15H2,(H,31,34)(H,32,37). The highest BCUT2D eigenvalue weighted by atomic mass is 32.1. The molecule has 2 aromatic carbocycles. The van der Waals surface area contributed by atoms with Crippen LogP contribution in [0, 0.1) is 5.82 Å². The maximum Gasteiger partial charge on any atom is 0.286 e. The van der Waals surface area contributed by atoms with Crippen LogP contribution >= 0.6 is 11.3 Å². The zero-order valence-corrected chi connectivity index (χ0v) is 20.8. The van der Waals surface area contributed by atoms with Crippen molar-refractivity contribution in [1.29, 1.82) is 0 Å². The number of amides is 1. The van der Waals surface area contributed by atoms with Gasteiger partial charge < -0.3 is 10.6 Å². The first-order valence-electron chi connectivity index (χ1n) is 11.7. The highest BCUT2D eigenvalue weighted by Crippen LogP contribution is 2.28. The molecule has 0 fully saturated rings. The summed E-state index contributed by atoms with van der Waals surface area (Å²) in [5, 5.41) is 10.8. The van der Waals surface area contributed by atoms with Gasteiger partial charge in [-0.05, 0) is 53.4 Å². The van der Waals surface area contributed by atoms with E-state index < -0.39 is 24.0 Å². The summed E-state index contributed by atoms with van der Waals surface area (Å²) < 4.78 is 27.8. The largest absolute Gasteiger partial charge is 0.319 e. The van der Waals surface area contributed by atoms with E-state index in [2.05, 4.69) is 26.1 Å². The Morgan fingerprint density at radius 1 is 1.03 bits per heavy atom. The fraction of sp³-hybridized carbons (Fsp3) is 0.111. The van der Waals surface area contributed by atoms with Gasteiger partial charge in [0.1, 0.15) is 18.3 Å². The van der Waals surface area contributed by atoms with E-state index in [-0.39, 0.29) is 12.2 Å². The van der Waals surface area contributed by atoms with Crippen LogP contribution in [0.15, 0.2) is 83.8 Å². The lowest BCUT2D eigenvalue weighted by Gasteiger charge is -2.11. The van der Waals surface area contributed by atoms with Gasteiger partial charge in [0.2, 0.25) is 0 Å². The molecule has 0 aliphatic heterocycles. The number of aromatic nitrogens is 3. The fourth-order valence-corrected chi connectivity index (χ4v) is 4.66. The van der Waals surface area contributed by atoms with Gasteiger partial charge in [0.05, 0.1) is 16.3 Å². The number of pyridine rings is 1. The Morgan fingerprint density at radius 2 is 1.89 bits per heavy atom. The minimum absolute atomic E-state index is 0.00362. The van der Waals surface area contributed by atoms with Gasteiger partial charge in [-0.2, -0.15) is 0 Å². The van der Waals surface area contributed by atoms with Crippen LogP contribution in [-0.4, -0.2) is 34.0 Å². The van der Waals surface area contributed by atoms with E-state index in [1.165, 1.54) is 41.7 Å². The van der Waals surface area contributed by atoms with Crippen molar-refractivity contribution in [2.75, 3.05) is 24.0 Å². The lowest BCUT2D eigenvalue weighted by atomic mass is 10.1. The zero-order chi connectivity index (χ0) is 26.5. The second kappa shape index (κ2) is 11.3. The summed E-state index contributed by atoms with van der Waals surface area (Å²) >= 11 is 1.32. The van der Waals surface area contributed by atoms with Crippen LogP contribution in [0.5, 0.6) is 0 Å². The SMILES string of the molecule is O=C(Nc1cc(-c2ccc(=O)n(Nc3ccc(CNCCF)cn3)n2)ccc1F)c1cc2ccccc2s1. The van der Waals surface area contributed by atoms with Crippen molar-refractivity contribution >= 4 is 38.8 Å². The Bertz CT molecular complexity index is 1620. The van der Waals surface area contributed by atoms with Crippen LogP contribution in [-0.2, 0) is 6.54 Å². The number of alkyl halides is 1. The molecule has 0 unspecified atom stereocenters. The van der Waals surface area contributed by atoms with Crippen molar-refractivity contribution in [3.8, 4) is 11.3 Å². The lowest BCUT2D eigenvalue weighted by molar-refractivity contribution is 0.103. The lowest BCUT2D eigenvalue weighted by Crippen LogP contribution is -2.28. The summed E-state index contributed by atoms with van der Waals surface area (Å²) in [5.74, 6) is -0.641. The number of nitrogens with zero attached hydrogens (tertiary/aromatic N) is 3. The molecule has 0 saturated carbocycles. The van der Waals surface area contributed by atoms with E-state index >= 15 is 0 Å². The second-order valence-electron chi connectivity index (χ2n) is 8.30. The first-order valence-corrected chi connectivity index (χ1v) is 12.5. The average Bonchev–Trinajstić information content (AvgIpc) is 3.37. The topological polar surface area (TPSA) is 101 Å². The molecule has 0 spiro atoms. The molecule has 3 aromatic heterocycles. The number of nitrogens with one attached hydrogen (secondary N) is 3. The Labute approximate surface area is 219 Å². The molecule has 3 N–H and O–H groups in total. The minimum Gasteiger partial charge on any atom is -0.319 e. The van der Waals surface area contributed by atoms with Gasteiger partial charge in [-0.15, -0.1) is 21.2 Å². The maximum absolute atomic E-state index is 14.6. The summed E-state index contributed by atoms with van der Waals surface area (Å²) in [5.41, 5.74) is 4.13. The third-order valence-corrected chi connectivity index (χ3v) is 6.72. The van der Waals surface area contributed by atoms with Crippen LogP contribution in [0.4, 0.5) is 20.3 Å². The van der Waals surface area contributed by atoms with Crippen LogP contribution in [0.1, 0.15) is 15.2 Å². The van der Waals surface area contributed by atoms with E-state index in [0.29, 0.717) is 28.5 Å². The summed E-state index contributed by atoms with van der Waals surface area (Å²) in [6.07, 6.45) is 1.61. The second-order valence-corrected chi connectivity index (χ2v) is 9.38. The molecule has 11 heteroatoms. The third kappa shape index (κ3) is 5.74. The number of halogens is 2. The van der Waals surface area contributed by atoms with E-state index in [9.17, 15) is 18.4 Å². The van der Waals surface area contributed by atoms with Crippen LogP contribution in [0.2, 0.25) is 0 Å². The van der Waals surface area contributed by atoms with Crippen molar-refractivity contribution in [3.05, 3.63) is 106 Å². The van der Waals surface area contributed by atoms with Crippen molar-refractivity contribution < 1.29 is 13.6 Å². The molecule has 0 aliphatic rings. The first-order chi connectivity index (χ1) is 18.5. The highest BCUT2D eigenvalue weighted by molar-refractivity contribution is 7.20. The Hall–Kier alpha value is -4.48. The predicted octanol–water partition coefficient (Wildman–Crippen LogP) is 4.85. The number of carbonyl (C=O) groups is 1. The molecule has 192 valence electrons. The molecule has 0 radical (unpaired) electrons. The normalized spacial score (nSPS) is 11.0. The quantitative estimate of drug-likeness (QED) is 0.235. The van der Waals surface area contributed by atoms with Gasteiger partial charge in [-0.1, -0.05) is 24.3 Å². The van der Waals surface area contributed by atoms with Crippen molar-refractivity contribution in [2.45, 2.75) is 6.54 Å². The van der Waals surface area contributed by atoms with Gasteiger partial charge in [0.15, 0.2) is 0 Å². The summed E-state index contributed by atoms with van der Waals surface area (Å²) in [4.78, 5) is 31.0. The molecule has 1 amide bonds. The molecule has 5 rings (SSSR count). The van der Waals surface area contributed by atoms with E-state index in [4.69, 9.17) is 0 Å². The highest BCUT2D eigenvalue weighted by Gasteiger charge is 2.14. The van der Waals surface area contributed by atoms with Crippen LogP contribution < -0.4 is 21.6 Å². The van der Waals surface area contributed by atoms with E-state index in [1.807, 2.05) is 24.3 Å². The summed E-state index contributed by atoms with van der Waals surface area (Å²) in [7, 11) is 0. The molecule has 3 heterocycles. The number of anilines is 2. The van der Waals surface area contributed by atoms with Crippen molar-refractivity contribution in [1.82, 2.24) is 20.2 Å². The summed E-state index contributed by atoms with van der Waals surface area (Å²) in [6, 6.07) is 19.9. The number of hydrogen-bond donors (Lipinski definition) is 3. The number of rotatable bonds is 9. The van der Waals surface area contributed by atoms with E-state index in [1.54, 1.807) is 24.4 Å². The van der Waals surface area contributed by atoms with Gasteiger partial charge >= 0.3 is 0 Å². The molecule has 0 saturated heterocycles. The predicted molar refractivity (Wildman–Crippen MR) is 145 cm³/mol. The van der Waals surface area contributed by atoms with Crippen LogP contribution in [0.3, 0.4) is 0 Å². The molecule has 5 aromatic rings. The Kier molecular flexibility index (Phi) is 7.47. The number of carbonyl (C=O) groups excluding carboxylic acids is 1. The number of hydrogen-bond acceptors (Lipinski definition) is 7. The summed E-state index contributed by atoms with van der Waals surface area (Å²) in [6.45, 7) is 0.273. The van der Waals surface area contributed by atoms with Gasteiger partial charge in [0.25, 0.3) is 11.5 Å². The molecular weight excluding hydrogens is 510 g/mol. The molecule has 0 bridgehead atoms. The molecule has 0 atom stereocenters. The van der Waals surface area contributed by atoms with Crippen molar-refractivity contribution in [2.24, 2.45) is 0 Å². The first kappa shape index (κ1) is 25.2. The smallest absolute Gasteiger partial charge is 0.286 e. The fourth-order valence-electron chi connectivity index (χ4n) is 3.71. The van der Waals surface area contributed by atoms with Gasteiger partial charge in [-0.25, -0.2) is 13.8 Å².